The Bertz CT molecular complexity index is 724. The second kappa shape index (κ2) is 6.48. The average Bonchev–Trinajstić information content (AvgIpc) is 2.75. The van der Waals surface area contributed by atoms with Crippen LogP contribution in [0.15, 0.2) is 18.2 Å². The molecular formula is C15H14FN3OS. The Morgan fingerprint density at radius 1 is 1.48 bits per heavy atom. The molecule has 0 atom stereocenters. The molecule has 0 spiro atoms. The van der Waals surface area contributed by atoms with Crippen molar-refractivity contribution >= 4 is 22.4 Å². The van der Waals surface area contributed by atoms with E-state index in [0.717, 1.165) is 16.6 Å². The quantitative estimate of drug-likeness (QED) is 0.837. The second-order valence-corrected chi connectivity index (χ2v) is 5.52. The summed E-state index contributed by atoms with van der Waals surface area (Å²) in [6, 6.07) is 4.14. The molecule has 1 heterocycles. The Kier molecular flexibility index (Phi) is 4.68. The van der Waals surface area contributed by atoms with Crippen molar-refractivity contribution in [1.82, 2.24) is 4.98 Å². The molecule has 21 heavy (non-hydrogen) atoms. The summed E-state index contributed by atoms with van der Waals surface area (Å²) < 4.78 is 13.8. The van der Waals surface area contributed by atoms with Crippen LogP contribution >= 0.6 is 11.3 Å². The van der Waals surface area contributed by atoms with Crippen molar-refractivity contribution < 1.29 is 9.18 Å². The highest BCUT2D eigenvalue weighted by Gasteiger charge is 2.12. The Balaban J connectivity index is 2.18. The molecule has 0 bridgehead atoms. The molecule has 0 saturated carbocycles. The number of halogens is 1. The van der Waals surface area contributed by atoms with E-state index in [1.54, 1.807) is 0 Å². The van der Waals surface area contributed by atoms with Gasteiger partial charge in [0.1, 0.15) is 5.82 Å². The van der Waals surface area contributed by atoms with Crippen molar-refractivity contribution in [3.63, 3.8) is 0 Å². The zero-order valence-corrected chi connectivity index (χ0v) is 12.5. The molecule has 0 aliphatic heterocycles. The highest BCUT2D eigenvalue weighted by Crippen LogP contribution is 2.22. The molecule has 2 aromatic rings. The summed E-state index contributed by atoms with van der Waals surface area (Å²) in [5, 5.41) is 3.16. The van der Waals surface area contributed by atoms with Gasteiger partial charge in [-0.3, -0.25) is 10.1 Å². The fraction of sp³-hybridized carbons (Fsp3) is 0.200. The predicted octanol–water partition coefficient (Wildman–Crippen LogP) is 2.46. The van der Waals surface area contributed by atoms with Gasteiger partial charge in [0.15, 0.2) is 5.13 Å². The molecule has 0 fully saturated rings. The molecular weight excluding hydrogens is 289 g/mol. The lowest BCUT2D eigenvalue weighted by molar-refractivity contribution is 0.102. The number of aryl methyl sites for hydroxylation is 2. The number of carbonyl (C=O) groups excluding carboxylic acids is 1. The number of nitrogens with one attached hydrogen (secondary N) is 1. The van der Waals surface area contributed by atoms with Crippen molar-refractivity contribution in [3.05, 3.63) is 45.7 Å². The van der Waals surface area contributed by atoms with Crippen LogP contribution in [-0.4, -0.2) is 17.4 Å². The van der Waals surface area contributed by atoms with E-state index in [9.17, 15) is 9.18 Å². The van der Waals surface area contributed by atoms with Crippen LogP contribution in [0.25, 0.3) is 0 Å². The summed E-state index contributed by atoms with van der Waals surface area (Å²) in [4.78, 5) is 17.3. The van der Waals surface area contributed by atoms with E-state index in [2.05, 4.69) is 22.1 Å². The first-order valence-corrected chi connectivity index (χ1v) is 7.06. The van der Waals surface area contributed by atoms with Crippen molar-refractivity contribution in [2.75, 3.05) is 11.9 Å². The Hall–Kier alpha value is -2.23. The molecule has 4 nitrogen and oxygen atoms in total. The largest absolute Gasteiger partial charge is 0.320 e. The number of hydrogen-bond acceptors (Lipinski definition) is 4. The van der Waals surface area contributed by atoms with Gasteiger partial charge in [0.25, 0.3) is 5.91 Å². The van der Waals surface area contributed by atoms with Crippen molar-refractivity contribution in [2.24, 2.45) is 5.73 Å². The highest BCUT2D eigenvalue weighted by atomic mass is 32.1. The van der Waals surface area contributed by atoms with Crippen molar-refractivity contribution in [3.8, 4) is 11.8 Å². The zero-order chi connectivity index (χ0) is 15.4. The first kappa shape index (κ1) is 15.2. The smallest absolute Gasteiger partial charge is 0.257 e. The molecule has 3 N–H and O–H groups in total. The van der Waals surface area contributed by atoms with Gasteiger partial charge in [0, 0.05) is 10.4 Å². The van der Waals surface area contributed by atoms with E-state index in [4.69, 9.17) is 5.73 Å². The first-order chi connectivity index (χ1) is 10.0. The third-order valence-electron chi connectivity index (χ3n) is 2.81. The highest BCUT2D eigenvalue weighted by molar-refractivity contribution is 7.15. The van der Waals surface area contributed by atoms with Gasteiger partial charge in [-0.15, -0.1) is 11.3 Å². The number of amides is 1. The maximum atomic E-state index is 13.8. The summed E-state index contributed by atoms with van der Waals surface area (Å²) in [6.07, 6.45) is 0. The van der Waals surface area contributed by atoms with Crippen LogP contribution in [-0.2, 0) is 0 Å². The molecule has 1 aromatic heterocycles. The molecule has 6 heteroatoms. The van der Waals surface area contributed by atoms with E-state index in [-0.39, 0.29) is 17.7 Å². The van der Waals surface area contributed by atoms with Crippen LogP contribution in [0.5, 0.6) is 0 Å². The van der Waals surface area contributed by atoms with Crippen LogP contribution in [0.3, 0.4) is 0 Å². The number of benzene rings is 1. The molecule has 1 amide bonds. The minimum Gasteiger partial charge on any atom is -0.320 e. The minimum atomic E-state index is -0.546. The van der Waals surface area contributed by atoms with Gasteiger partial charge in [-0.05, 0) is 32.0 Å². The topological polar surface area (TPSA) is 68.0 Å². The molecule has 0 radical (unpaired) electrons. The van der Waals surface area contributed by atoms with Gasteiger partial charge in [0.2, 0.25) is 0 Å². The standard InChI is InChI=1S/C15H14FN3OS/c1-9-10(2)21-15(18-9)19-14(20)12-6-5-11(4-3-7-17)13(16)8-12/h5-6,8H,7,17H2,1-2H3,(H,18,19,20). The maximum absolute atomic E-state index is 13.8. The van der Waals surface area contributed by atoms with E-state index in [1.807, 2.05) is 13.8 Å². The number of rotatable bonds is 2. The molecule has 1 aromatic carbocycles. The van der Waals surface area contributed by atoms with Crippen molar-refractivity contribution in [2.45, 2.75) is 13.8 Å². The second-order valence-electron chi connectivity index (χ2n) is 4.32. The van der Waals surface area contributed by atoms with E-state index in [1.165, 1.54) is 23.5 Å². The van der Waals surface area contributed by atoms with Crippen LogP contribution in [0.2, 0.25) is 0 Å². The first-order valence-electron chi connectivity index (χ1n) is 6.25. The zero-order valence-electron chi connectivity index (χ0n) is 11.7. The minimum absolute atomic E-state index is 0.157. The fourth-order valence-electron chi connectivity index (χ4n) is 1.60. The van der Waals surface area contributed by atoms with Gasteiger partial charge < -0.3 is 5.73 Å². The van der Waals surface area contributed by atoms with Gasteiger partial charge >= 0.3 is 0 Å². The summed E-state index contributed by atoms with van der Waals surface area (Å²) in [5.41, 5.74) is 6.55. The van der Waals surface area contributed by atoms with E-state index in [0.29, 0.717) is 5.13 Å². The van der Waals surface area contributed by atoms with Gasteiger partial charge in [-0.2, -0.15) is 0 Å². The molecule has 108 valence electrons. The molecule has 0 aliphatic rings. The number of nitrogens with two attached hydrogens (primary N) is 1. The normalized spacial score (nSPS) is 9.90. The lowest BCUT2D eigenvalue weighted by Crippen LogP contribution is -2.12. The van der Waals surface area contributed by atoms with E-state index < -0.39 is 11.7 Å². The van der Waals surface area contributed by atoms with Crippen molar-refractivity contribution in [1.29, 1.82) is 0 Å². The average molecular weight is 303 g/mol. The Morgan fingerprint density at radius 3 is 2.81 bits per heavy atom. The number of nitrogens with zero attached hydrogens (tertiary/aromatic N) is 1. The maximum Gasteiger partial charge on any atom is 0.257 e. The summed E-state index contributed by atoms with van der Waals surface area (Å²) >= 11 is 1.38. The predicted molar refractivity (Wildman–Crippen MR) is 81.9 cm³/mol. The van der Waals surface area contributed by atoms with Crippen LogP contribution < -0.4 is 11.1 Å². The molecule has 0 unspecified atom stereocenters. The third-order valence-corrected chi connectivity index (χ3v) is 3.79. The van der Waals surface area contributed by atoms with Crippen LogP contribution in [0.1, 0.15) is 26.5 Å². The van der Waals surface area contributed by atoms with Gasteiger partial charge in [0.05, 0.1) is 17.8 Å². The summed E-state index contributed by atoms with van der Waals surface area (Å²) in [6.45, 7) is 3.95. The van der Waals surface area contributed by atoms with E-state index >= 15 is 0 Å². The van der Waals surface area contributed by atoms with Gasteiger partial charge in [-0.25, -0.2) is 9.37 Å². The Labute approximate surface area is 126 Å². The van der Waals surface area contributed by atoms with Crippen LogP contribution in [0, 0.1) is 31.5 Å². The Morgan fingerprint density at radius 2 is 2.24 bits per heavy atom. The summed E-state index contributed by atoms with van der Waals surface area (Å²) in [7, 11) is 0. The number of aromatic nitrogens is 1. The number of thiazole rings is 1. The monoisotopic (exact) mass is 303 g/mol. The van der Waals surface area contributed by atoms with Gasteiger partial charge in [-0.1, -0.05) is 11.8 Å². The molecule has 0 aliphatic carbocycles. The SMILES string of the molecule is Cc1nc(NC(=O)c2ccc(C#CCN)c(F)c2)sc1C. The van der Waals surface area contributed by atoms with Crippen LogP contribution in [0.4, 0.5) is 9.52 Å². The third kappa shape index (κ3) is 3.66. The fourth-order valence-corrected chi connectivity index (χ4v) is 2.41. The summed E-state index contributed by atoms with van der Waals surface area (Å²) in [5.74, 6) is 4.23. The molecule has 2 rings (SSSR count). The number of hydrogen-bond donors (Lipinski definition) is 2. The molecule has 0 saturated heterocycles. The lowest BCUT2D eigenvalue weighted by Gasteiger charge is -2.03. The lowest BCUT2D eigenvalue weighted by atomic mass is 10.1. The number of carbonyl (C=O) groups is 1. The number of anilines is 1.